The molecule has 0 unspecified atom stereocenters. The number of sulfone groups is 1. The van der Waals surface area contributed by atoms with Crippen molar-refractivity contribution in [1.82, 2.24) is 15.2 Å². The largest absolute Gasteiger partial charge is 0.417 e. The van der Waals surface area contributed by atoms with Gasteiger partial charge in [0.25, 0.3) is 5.89 Å². The smallest absolute Gasteiger partial charge is 0.416 e. The highest BCUT2D eigenvalue weighted by atomic mass is 32.2. The van der Waals surface area contributed by atoms with Gasteiger partial charge in [-0.3, -0.25) is 0 Å². The number of aromatic nitrogens is 3. The van der Waals surface area contributed by atoms with Crippen molar-refractivity contribution < 1.29 is 31.1 Å². The number of halogens is 3. The van der Waals surface area contributed by atoms with Gasteiger partial charge in [0.1, 0.15) is 6.61 Å². The van der Waals surface area contributed by atoms with Crippen LogP contribution in [0.5, 0.6) is 0 Å². The molecular weight excluding hydrogens is 389 g/mol. The fraction of sp³-hybridized carbons (Fsp3) is 0.133. The van der Waals surface area contributed by atoms with Crippen LogP contribution in [0, 0.1) is 0 Å². The molecule has 2 heterocycles. The first-order valence-corrected chi connectivity index (χ1v) is 8.72. The first-order valence-electron chi connectivity index (χ1n) is 7.24. The highest BCUT2D eigenvalue weighted by Crippen LogP contribution is 2.32. The molecule has 0 radical (unpaired) electrons. The van der Waals surface area contributed by atoms with Gasteiger partial charge in [-0.05, 0) is 30.3 Å². The van der Waals surface area contributed by atoms with Gasteiger partial charge in [0.05, 0.1) is 21.0 Å². The molecule has 0 spiro atoms. The maximum Gasteiger partial charge on any atom is 0.416 e. The lowest BCUT2D eigenvalue weighted by Crippen LogP contribution is -2.07. The zero-order valence-electron chi connectivity index (χ0n) is 13.3. The number of pyridine rings is 1. The van der Waals surface area contributed by atoms with Crippen molar-refractivity contribution in [1.29, 1.82) is 0 Å². The van der Waals surface area contributed by atoms with E-state index in [0.29, 0.717) is 12.1 Å². The molecule has 0 aliphatic rings. The van der Waals surface area contributed by atoms with Gasteiger partial charge < -0.3 is 15.3 Å². The van der Waals surface area contributed by atoms with Crippen molar-refractivity contribution in [2.24, 2.45) is 0 Å². The molecule has 0 saturated carbocycles. The van der Waals surface area contributed by atoms with Crippen LogP contribution in [0.25, 0.3) is 11.6 Å². The SMILES string of the molecule is Nc1cc(S(=O)(=O)c2ccc(C(F)(F)F)cc2)cnc1-c1nnc(CO)o1. The Balaban J connectivity index is 1.96. The Bertz CT molecular complexity index is 1080. The lowest BCUT2D eigenvalue weighted by molar-refractivity contribution is -0.137. The van der Waals surface area contributed by atoms with Gasteiger partial charge >= 0.3 is 6.18 Å². The molecule has 2 aromatic heterocycles. The number of nitrogens with two attached hydrogens (primary N) is 1. The summed E-state index contributed by atoms with van der Waals surface area (Å²) in [5.74, 6) is -0.192. The summed E-state index contributed by atoms with van der Waals surface area (Å²) in [4.78, 5) is 3.23. The number of anilines is 1. The molecule has 0 bridgehead atoms. The molecule has 3 N–H and O–H groups in total. The summed E-state index contributed by atoms with van der Waals surface area (Å²) in [5, 5.41) is 16.1. The summed E-state index contributed by atoms with van der Waals surface area (Å²) < 4.78 is 68.1. The normalized spacial score (nSPS) is 12.3. The minimum atomic E-state index is -4.58. The zero-order chi connectivity index (χ0) is 19.8. The van der Waals surface area contributed by atoms with Gasteiger partial charge in [-0.15, -0.1) is 10.2 Å². The van der Waals surface area contributed by atoms with Crippen LogP contribution in [0.2, 0.25) is 0 Å². The Morgan fingerprint density at radius 1 is 1.11 bits per heavy atom. The molecule has 8 nitrogen and oxygen atoms in total. The molecule has 0 atom stereocenters. The van der Waals surface area contributed by atoms with E-state index in [0.717, 1.165) is 24.4 Å². The van der Waals surface area contributed by atoms with Gasteiger partial charge in [-0.25, -0.2) is 13.4 Å². The van der Waals surface area contributed by atoms with Crippen LogP contribution in [0.3, 0.4) is 0 Å². The molecule has 0 fully saturated rings. The molecule has 0 saturated heterocycles. The lowest BCUT2D eigenvalue weighted by atomic mass is 10.2. The third kappa shape index (κ3) is 3.61. The summed E-state index contributed by atoms with van der Waals surface area (Å²) in [6.45, 7) is -0.493. The van der Waals surface area contributed by atoms with E-state index in [9.17, 15) is 21.6 Å². The van der Waals surface area contributed by atoms with Crippen molar-refractivity contribution >= 4 is 15.5 Å². The van der Waals surface area contributed by atoms with Crippen LogP contribution >= 0.6 is 0 Å². The van der Waals surface area contributed by atoms with Gasteiger partial charge in [-0.2, -0.15) is 13.2 Å². The van der Waals surface area contributed by atoms with E-state index in [4.69, 9.17) is 15.3 Å². The van der Waals surface area contributed by atoms with Gasteiger partial charge in [0, 0.05) is 6.20 Å². The molecule has 0 amide bonds. The lowest BCUT2D eigenvalue weighted by Gasteiger charge is -2.09. The summed E-state index contributed by atoms with van der Waals surface area (Å²) in [6.07, 6.45) is -3.60. The quantitative estimate of drug-likeness (QED) is 0.680. The fourth-order valence-electron chi connectivity index (χ4n) is 2.16. The second kappa shape index (κ2) is 6.63. The van der Waals surface area contributed by atoms with Crippen LogP contribution in [0.4, 0.5) is 18.9 Å². The van der Waals surface area contributed by atoms with Gasteiger partial charge in [-0.1, -0.05) is 0 Å². The number of nitrogens with zero attached hydrogens (tertiary/aromatic N) is 3. The molecule has 1 aromatic carbocycles. The number of hydrogen-bond acceptors (Lipinski definition) is 8. The van der Waals surface area contributed by atoms with Crippen molar-refractivity contribution in [3.8, 4) is 11.6 Å². The van der Waals surface area contributed by atoms with Crippen LogP contribution in [-0.2, 0) is 22.6 Å². The molecule has 12 heteroatoms. The van der Waals surface area contributed by atoms with E-state index in [1.807, 2.05) is 0 Å². The van der Waals surface area contributed by atoms with Crippen LogP contribution in [0.15, 0.2) is 50.7 Å². The van der Waals surface area contributed by atoms with Crippen LogP contribution < -0.4 is 5.73 Å². The molecule has 0 aliphatic heterocycles. The number of aliphatic hydroxyl groups excluding tert-OH is 1. The minimum absolute atomic E-state index is 0.00793. The van der Waals surface area contributed by atoms with E-state index in [1.165, 1.54) is 0 Å². The van der Waals surface area contributed by atoms with Crippen molar-refractivity contribution in [3.63, 3.8) is 0 Å². The van der Waals surface area contributed by atoms with Crippen LogP contribution in [0.1, 0.15) is 11.5 Å². The molecule has 142 valence electrons. The van der Waals surface area contributed by atoms with Crippen molar-refractivity contribution in [2.75, 3.05) is 5.73 Å². The summed E-state index contributed by atoms with van der Waals surface area (Å²) in [7, 11) is -4.14. The third-order valence-corrected chi connectivity index (χ3v) is 5.24. The van der Waals surface area contributed by atoms with E-state index >= 15 is 0 Å². The second-order valence-corrected chi connectivity index (χ2v) is 7.24. The first-order chi connectivity index (χ1) is 12.6. The molecule has 3 rings (SSSR count). The fourth-order valence-corrected chi connectivity index (χ4v) is 3.40. The Kier molecular flexibility index (Phi) is 4.61. The second-order valence-electron chi connectivity index (χ2n) is 5.29. The Morgan fingerprint density at radius 3 is 2.30 bits per heavy atom. The van der Waals surface area contributed by atoms with E-state index in [2.05, 4.69) is 15.2 Å². The summed E-state index contributed by atoms with van der Waals surface area (Å²) in [6, 6.07) is 4.14. The van der Waals surface area contributed by atoms with Gasteiger partial charge in [0.15, 0.2) is 5.69 Å². The predicted molar refractivity (Wildman–Crippen MR) is 84.8 cm³/mol. The van der Waals surface area contributed by atoms with Gasteiger partial charge in [0.2, 0.25) is 15.7 Å². The van der Waals surface area contributed by atoms with Crippen molar-refractivity contribution in [2.45, 2.75) is 22.6 Å². The number of benzene rings is 1. The molecule has 0 aliphatic carbocycles. The summed E-state index contributed by atoms with van der Waals surface area (Å²) >= 11 is 0. The van der Waals surface area contributed by atoms with E-state index in [-0.39, 0.29) is 33.0 Å². The maximum atomic E-state index is 12.6. The Morgan fingerprint density at radius 2 is 1.78 bits per heavy atom. The van der Waals surface area contributed by atoms with E-state index in [1.54, 1.807) is 0 Å². The minimum Gasteiger partial charge on any atom is -0.417 e. The molecule has 27 heavy (non-hydrogen) atoms. The molecular formula is C15H11F3N4O4S. The summed E-state index contributed by atoms with van der Waals surface area (Å²) in [5.41, 5.74) is 4.73. The monoisotopic (exact) mass is 400 g/mol. The predicted octanol–water partition coefficient (Wildman–Crippen LogP) is 2.06. The van der Waals surface area contributed by atoms with Crippen LogP contribution in [-0.4, -0.2) is 28.7 Å². The zero-order valence-corrected chi connectivity index (χ0v) is 14.1. The first kappa shape index (κ1) is 18.8. The topological polar surface area (TPSA) is 132 Å². The standard InChI is InChI=1S/C15H11F3N4O4S/c16-15(17,18)8-1-3-9(4-2-8)27(24,25)10-5-11(19)13(20-6-10)14-22-21-12(7-23)26-14/h1-6,23H,7,19H2. The average Bonchev–Trinajstić information content (AvgIpc) is 3.10. The highest BCUT2D eigenvalue weighted by Gasteiger charge is 2.31. The Hall–Kier alpha value is -2.99. The molecule has 3 aromatic rings. The highest BCUT2D eigenvalue weighted by molar-refractivity contribution is 7.91. The van der Waals surface area contributed by atoms with E-state index < -0.39 is 28.2 Å². The number of rotatable bonds is 4. The average molecular weight is 400 g/mol. The maximum absolute atomic E-state index is 12.6. The van der Waals surface area contributed by atoms with Crippen molar-refractivity contribution in [3.05, 3.63) is 48.0 Å². The number of hydrogen-bond donors (Lipinski definition) is 2. The third-order valence-electron chi connectivity index (χ3n) is 3.50. The number of alkyl halides is 3. The number of nitrogen functional groups attached to an aromatic ring is 1. The Labute approximate surface area is 150 Å². The number of aliphatic hydroxyl groups is 1.